The Bertz CT molecular complexity index is 1210. The van der Waals surface area contributed by atoms with Crippen LogP contribution in [0.4, 0.5) is 15.8 Å². The van der Waals surface area contributed by atoms with Crippen molar-refractivity contribution in [2.45, 2.75) is 0 Å². The Morgan fingerprint density at radius 3 is 2.50 bits per heavy atom. The number of nitrogens with one attached hydrogen (secondary N) is 1. The summed E-state index contributed by atoms with van der Waals surface area (Å²) in [5.41, 5.74) is -1.44. The average molecular weight is 424 g/mol. The van der Waals surface area contributed by atoms with Crippen molar-refractivity contribution in [3.8, 4) is 5.69 Å². The van der Waals surface area contributed by atoms with Crippen LogP contribution in [-0.4, -0.2) is 25.4 Å². The molecule has 0 amide bonds. The van der Waals surface area contributed by atoms with Gasteiger partial charge in [0.05, 0.1) is 20.9 Å². The lowest BCUT2D eigenvalue weighted by Crippen LogP contribution is -2.14. The first-order valence-corrected chi connectivity index (χ1v) is 8.46. The number of non-ortho nitro benzene ring substituents is 1. The van der Waals surface area contributed by atoms with E-state index in [1.54, 1.807) is 0 Å². The van der Waals surface area contributed by atoms with Gasteiger partial charge >= 0.3 is 5.69 Å². The first kappa shape index (κ1) is 19.3. The monoisotopic (exact) mass is 423 g/mol. The summed E-state index contributed by atoms with van der Waals surface area (Å²) in [6.07, 6.45) is 0. The maximum absolute atomic E-state index is 13.2. The molecule has 28 heavy (non-hydrogen) atoms. The molecule has 0 spiro atoms. The molecule has 1 aromatic heterocycles. The third kappa shape index (κ3) is 3.50. The maximum atomic E-state index is 13.2. The molecule has 0 fully saturated rings. The van der Waals surface area contributed by atoms with E-state index in [9.17, 15) is 29.4 Å². The molecule has 10 nitrogen and oxygen atoms in total. The zero-order chi connectivity index (χ0) is 20.6. The van der Waals surface area contributed by atoms with Gasteiger partial charge in [-0.3, -0.25) is 30.4 Å². The van der Waals surface area contributed by atoms with Crippen molar-refractivity contribution < 1.29 is 19.0 Å². The number of hydrogen-bond donors (Lipinski definition) is 1. The summed E-state index contributed by atoms with van der Waals surface area (Å²) in [5.74, 6) is -1.34. The minimum absolute atomic E-state index is 0.0536. The topological polar surface area (TPSA) is 145 Å². The van der Waals surface area contributed by atoms with Crippen LogP contribution >= 0.6 is 22.9 Å². The van der Waals surface area contributed by atoms with Crippen LogP contribution < -0.4 is 4.80 Å². The fourth-order valence-electron chi connectivity index (χ4n) is 2.29. The Balaban J connectivity index is 2.10. The molecular weight excluding hydrogens is 417 g/mol. The molecule has 0 aliphatic rings. The zero-order valence-electron chi connectivity index (χ0n) is 13.5. The summed E-state index contributed by atoms with van der Waals surface area (Å²) in [7, 11) is 0. The number of ketones is 1. The van der Waals surface area contributed by atoms with E-state index in [4.69, 9.17) is 17.0 Å². The number of nitro benzene ring substituents is 2. The van der Waals surface area contributed by atoms with E-state index >= 15 is 0 Å². The number of nitrogens with zero attached hydrogens (tertiary/aromatic N) is 4. The molecule has 0 unspecified atom stereocenters. The molecule has 0 aliphatic heterocycles. The van der Waals surface area contributed by atoms with E-state index in [1.165, 1.54) is 0 Å². The van der Waals surface area contributed by atoms with E-state index in [0.717, 1.165) is 41.1 Å². The van der Waals surface area contributed by atoms with Gasteiger partial charge in [0, 0.05) is 11.6 Å². The fourth-order valence-corrected chi connectivity index (χ4v) is 3.27. The van der Waals surface area contributed by atoms with Crippen molar-refractivity contribution in [1.82, 2.24) is 9.78 Å². The normalized spacial score (nSPS) is 10.6. The van der Waals surface area contributed by atoms with Gasteiger partial charge in [-0.05, 0) is 24.3 Å². The number of carbonyl (C=O) groups excluding carboxylic acids is 1. The lowest BCUT2D eigenvalue weighted by Gasteiger charge is -2.03. The van der Waals surface area contributed by atoms with Crippen molar-refractivity contribution in [3.63, 3.8) is 0 Å². The number of nitro groups is 2. The Labute approximate surface area is 163 Å². The van der Waals surface area contributed by atoms with E-state index in [0.29, 0.717) is 11.3 Å². The number of halogens is 2. The summed E-state index contributed by atoms with van der Waals surface area (Å²) in [6.45, 7) is 0. The molecule has 0 bridgehead atoms. The van der Waals surface area contributed by atoms with Crippen LogP contribution in [0, 0.1) is 31.5 Å². The molecule has 0 atom stereocenters. The van der Waals surface area contributed by atoms with Crippen LogP contribution in [0.1, 0.15) is 15.4 Å². The highest BCUT2D eigenvalue weighted by Crippen LogP contribution is 2.27. The highest BCUT2D eigenvalue weighted by atomic mass is 35.5. The van der Waals surface area contributed by atoms with Gasteiger partial charge in [-0.2, -0.15) is 9.78 Å². The summed E-state index contributed by atoms with van der Waals surface area (Å²) in [5, 5.41) is 33.6. The van der Waals surface area contributed by atoms with Crippen LogP contribution in [-0.2, 0) is 0 Å². The molecule has 0 aliphatic carbocycles. The predicted molar refractivity (Wildman–Crippen MR) is 95.4 cm³/mol. The van der Waals surface area contributed by atoms with Gasteiger partial charge in [0.1, 0.15) is 11.5 Å². The number of hydrogen-bond acceptors (Lipinski definition) is 8. The fraction of sp³-hybridized carbons (Fsp3) is 0. The molecule has 0 saturated carbocycles. The van der Waals surface area contributed by atoms with E-state index in [2.05, 4.69) is 5.10 Å². The minimum atomic E-state index is -0.855. The highest BCUT2D eigenvalue weighted by Gasteiger charge is 2.24. The van der Waals surface area contributed by atoms with E-state index in [-0.39, 0.29) is 26.1 Å². The van der Waals surface area contributed by atoms with Gasteiger partial charge < -0.3 is 0 Å². The van der Waals surface area contributed by atoms with Gasteiger partial charge in [0.15, 0.2) is 5.01 Å². The molecule has 13 heteroatoms. The molecule has 0 radical (unpaired) electrons. The standard InChI is InChI=1S/C15H7ClFN5O5S/c16-10-5-7(17)1-3-9(10)13(23)14-19-20(15(18)28-14)11-4-2-8(21(24)25)6-12(11)22(26)27/h1-6,18H. The molecular formula is C15H7ClFN5O5S. The Hall–Kier alpha value is -3.51. The molecule has 2 aromatic carbocycles. The Morgan fingerprint density at radius 1 is 1.18 bits per heavy atom. The predicted octanol–water partition coefficient (Wildman–Crippen LogP) is 3.25. The molecule has 1 heterocycles. The summed E-state index contributed by atoms with van der Waals surface area (Å²) >= 11 is 6.48. The molecule has 0 saturated heterocycles. The van der Waals surface area contributed by atoms with Crippen LogP contribution in [0.3, 0.4) is 0 Å². The smallest absolute Gasteiger partial charge is 0.286 e. The van der Waals surface area contributed by atoms with Crippen molar-refractivity contribution in [3.05, 3.63) is 82.8 Å². The van der Waals surface area contributed by atoms with E-state index in [1.807, 2.05) is 0 Å². The number of rotatable bonds is 5. The molecule has 1 N–H and O–H groups in total. The number of benzene rings is 2. The zero-order valence-corrected chi connectivity index (χ0v) is 15.0. The third-order valence-corrected chi connectivity index (χ3v) is 4.68. The Kier molecular flexibility index (Phi) is 4.98. The van der Waals surface area contributed by atoms with Gasteiger partial charge in [-0.1, -0.05) is 22.9 Å². The number of aromatic nitrogens is 2. The Morgan fingerprint density at radius 2 is 1.89 bits per heavy atom. The van der Waals surface area contributed by atoms with Crippen molar-refractivity contribution in [2.24, 2.45) is 0 Å². The molecule has 3 aromatic rings. The second-order valence-electron chi connectivity index (χ2n) is 5.26. The first-order chi connectivity index (χ1) is 13.2. The first-order valence-electron chi connectivity index (χ1n) is 7.26. The van der Waals surface area contributed by atoms with Crippen LogP contribution in [0.15, 0.2) is 36.4 Å². The minimum Gasteiger partial charge on any atom is -0.286 e. The van der Waals surface area contributed by atoms with Gasteiger partial charge in [0.2, 0.25) is 10.6 Å². The van der Waals surface area contributed by atoms with Crippen LogP contribution in [0.5, 0.6) is 0 Å². The van der Waals surface area contributed by atoms with Gasteiger partial charge in [-0.25, -0.2) is 4.39 Å². The van der Waals surface area contributed by atoms with Crippen molar-refractivity contribution in [1.29, 1.82) is 5.41 Å². The molecule has 142 valence electrons. The summed E-state index contributed by atoms with van der Waals surface area (Å²) in [4.78, 5) is 32.7. The van der Waals surface area contributed by atoms with Gasteiger partial charge in [0.25, 0.3) is 5.69 Å². The van der Waals surface area contributed by atoms with Crippen LogP contribution in [0.25, 0.3) is 5.69 Å². The largest absolute Gasteiger partial charge is 0.301 e. The lowest BCUT2D eigenvalue weighted by molar-refractivity contribution is -0.394. The van der Waals surface area contributed by atoms with Crippen LogP contribution in [0.2, 0.25) is 5.02 Å². The van der Waals surface area contributed by atoms with E-state index < -0.39 is 32.8 Å². The highest BCUT2D eigenvalue weighted by molar-refractivity contribution is 7.11. The second kappa shape index (κ2) is 7.25. The molecule has 3 rings (SSSR count). The third-order valence-electron chi connectivity index (χ3n) is 3.54. The quantitative estimate of drug-likeness (QED) is 0.378. The van der Waals surface area contributed by atoms with Crippen molar-refractivity contribution in [2.75, 3.05) is 0 Å². The van der Waals surface area contributed by atoms with Gasteiger partial charge in [-0.15, -0.1) is 0 Å². The average Bonchev–Trinajstić information content (AvgIpc) is 3.02. The maximum Gasteiger partial charge on any atom is 0.301 e. The summed E-state index contributed by atoms with van der Waals surface area (Å²) < 4.78 is 14.0. The number of carbonyl (C=O) groups is 1. The van der Waals surface area contributed by atoms with Crippen molar-refractivity contribution >= 4 is 40.1 Å². The lowest BCUT2D eigenvalue weighted by atomic mass is 10.1. The summed E-state index contributed by atoms with van der Waals surface area (Å²) in [6, 6.07) is 5.95. The second-order valence-corrected chi connectivity index (χ2v) is 6.65. The SMILES string of the molecule is N=c1sc(C(=O)c2ccc(F)cc2Cl)nn1-c1ccc([N+](=O)[O-])cc1[N+](=O)[O-].